The molecule has 1 fully saturated rings. The average molecular weight is 378 g/mol. The van der Waals surface area contributed by atoms with Gasteiger partial charge < -0.3 is 15.4 Å². The Morgan fingerprint density at radius 3 is 2.88 bits per heavy atom. The van der Waals surface area contributed by atoms with Crippen LogP contribution >= 0.6 is 11.3 Å². The minimum absolute atomic E-state index is 0.0586. The van der Waals surface area contributed by atoms with Crippen molar-refractivity contribution in [3.63, 3.8) is 0 Å². The van der Waals surface area contributed by atoms with Crippen molar-refractivity contribution in [2.45, 2.75) is 39.3 Å². The van der Waals surface area contributed by atoms with Gasteiger partial charge in [0.2, 0.25) is 11.8 Å². The summed E-state index contributed by atoms with van der Waals surface area (Å²) in [5.74, 6) is -0.691. The summed E-state index contributed by atoms with van der Waals surface area (Å²) in [5.41, 5.74) is 0.653. The van der Waals surface area contributed by atoms with E-state index in [1.807, 2.05) is 13.8 Å². The van der Waals surface area contributed by atoms with Gasteiger partial charge in [0.25, 0.3) is 5.56 Å². The van der Waals surface area contributed by atoms with Crippen LogP contribution in [0.5, 0.6) is 0 Å². The molecule has 2 amide bonds. The summed E-state index contributed by atoms with van der Waals surface area (Å²) in [6, 6.07) is 0. The van der Waals surface area contributed by atoms with E-state index in [0.717, 1.165) is 29.9 Å². The lowest BCUT2D eigenvalue weighted by Gasteiger charge is -2.11. The SMILES string of the molecule is Cc1sc2ncn(CC(=O)NCC(=O)NC[C@@H]3CCCO3)c(=O)c2c1C. The third-order valence-electron chi connectivity index (χ3n) is 4.47. The molecule has 0 aliphatic carbocycles. The van der Waals surface area contributed by atoms with E-state index in [4.69, 9.17) is 4.74 Å². The Morgan fingerprint density at radius 2 is 2.15 bits per heavy atom. The first-order valence-corrected chi connectivity index (χ1v) is 9.37. The van der Waals surface area contributed by atoms with E-state index in [9.17, 15) is 14.4 Å². The maximum Gasteiger partial charge on any atom is 0.262 e. The number of thiophene rings is 1. The molecule has 0 aromatic carbocycles. The Balaban J connectivity index is 1.54. The van der Waals surface area contributed by atoms with Crippen molar-refractivity contribution in [1.29, 1.82) is 0 Å². The van der Waals surface area contributed by atoms with Crippen LogP contribution in [-0.4, -0.2) is 47.2 Å². The van der Waals surface area contributed by atoms with Gasteiger partial charge >= 0.3 is 0 Å². The van der Waals surface area contributed by atoms with Gasteiger partial charge in [-0.25, -0.2) is 4.98 Å². The molecule has 140 valence electrons. The molecule has 26 heavy (non-hydrogen) atoms. The Morgan fingerprint density at radius 1 is 1.35 bits per heavy atom. The summed E-state index contributed by atoms with van der Waals surface area (Å²) >= 11 is 1.46. The molecule has 0 unspecified atom stereocenters. The summed E-state index contributed by atoms with van der Waals surface area (Å²) in [7, 11) is 0. The van der Waals surface area contributed by atoms with Crippen molar-refractivity contribution in [3.8, 4) is 0 Å². The normalized spacial score (nSPS) is 16.8. The maximum atomic E-state index is 12.5. The molecule has 0 bridgehead atoms. The predicted octanol–water partition coefficient (Wildman–Crippen LogP) is 0.486. The van der Waals surface area contributed by atoms with Crippen LogP contribution in [0.2, 0.25) is 0 Å². The summed E-state index contributed by atoms with van der Waals surface area (Å²) in [5, 5.41) is 5.81. The zero-order valence-corrected chi connectivity index (χ0v) is 15.6. The zero-order valence-electron chi connectivity index (χ0n) is 14.8. The van der Waals surface area contributed by atoms with Gasteiger partial charge in [0, 0.05) is 18.0 Å². The number of hydrogen-bond acceptors (Lipinski definition) is 6. The van der Waals surface area contributed by atoms with E-state index < -0.39 is 5.91 Å². The fourth-order valence-corrected chi connectivity index (χ4v) is 3.86. The number of aryl methyl sites for hydroxylation is 2. The largest absolute Gasteiger partial charge is 0.376 e. The molecule has 1 aliphatic rings. The molecule has 3 heterocycles. The number of aromatic nitrogens is 2. The number of ether oxygens (including phenoxy) is 1. The molecule has 1 aliphatic heterocycles. The molecule has 3 rings (SSSR count). The number of carbonyl (C=O) groups is 2. The van der Waals surface area contributed by atoms with Crippen LogP contribution < -0.4 is 16.2 Å². The summed E-state index contributed by atoms with van der Waals surface area (Å²) < 4.78 is 6.69. The van der Waals surface area contributed by atoms with E-state index in [-0.39, 0.29) is 30.7 Å². The van der Waals surface area contributed by atoms with E-state index in [1.165, 1.54) is 22.2 Å². The van der Waals surface area contributed by atoms with Crippen molar-refractivity contribution in [1.82, 2.24) is 20.2 Å². The Kier molecular flexibility index (Phi) is 5.67. The first-order chi connectivity index (χ1) is 12.5. The highest BCUT2D eigenvalue weighted by atomic mass is 32.1. The standard InChI is InChI=1S/C17H22N4O4S/c1-10-11(2)26-16-15(10)17(24)21(9-20-16)8-14(23)19-7-13(22)18-6-12-4-3-5-25-12/h9,12H,3-8H2,1-2H3,(H,18,22)(H,19,23)/t12-/m0/s1. The van der Waals surface area contributed by atoms with Gasteiger partial charge in [-0.2, -0.15) is 0 Å². The van der Waals surface area contributed by atoms with Crippen LogP contribution in [0.15, 0.2) is 11.1 Å². The summed E-state index contributed by atoms with van der Waals surface area (Å²) in [6.07, 6.45) is 3.38. The molecule has 2 aromatic rings. The van der Waals surface area contributed by atoms with E-state index >= 15 is 0 Å². The van der Waals surface area contributed by atoms with Crippen molar-refractivity contribution in [3.05, 3.63) is 27.1 Å². The number of carbonyl (C=O) groups excluding carboxylic acids is 2. The van der Waals surface area contributed by atoms with Gasteiger partial charge in [-0.1, -0.05) is 0 Å². The van der Waals surface area contributed by atoms with Crippen LogP contribution in [0, 0.1) is 13.8 Å². The number of fused-ring (bicyclic) bond motifs is 1. The van der Waals surface area contributed by atoms with Crippen molar-refractivity contribution < 1.29 is 14.3 Å². The number of nitrogens with one attached hydrogen (secondary N) is 2. The Bertz CT molecular complexity index is 883. The number of hydrogen-bond donors (Lipinski definition) is 2. The Hall–Kier alpha value is -2.26. The molecular formula is C17H22N4O4S. The van der Waals surface area contributed by atoms with Gasteiger partial charge in [0.05, 0.1) is 24.4 Å². The molecule has 0 spiro atoms. The molecule has 8 nitrogen and oxygen atoms in total. The summed E-state index contributed by atoms with van der Waals surface area (Å²) in [6.45, 7) is 4.69. The lowest BCUT2D eigenvalue weighted by atomic mass is 10.2. The highest BCUT2D eigenvalue weighted by molar-refractivity contribution is 7.18. The second kappa shape index (κ2) is 7.96. The van der Waals surface area contributed by atoms with Crippen LogP contribution in [0.3, 0.4) is 0 Å². The van der Waals surface area contributed by atoms with Crippen LogP contribution in [0.25, 0.3) is 10.2 Å². The first kappa shape index (κ1) is 18.5. The van der Waals surface area contributed by atoms with Crippen LogP contribution in [0.1, 0.15) is 23.3 Å². The van der Waals surface area contributed by atoms with E-state index in [1.54, 1.807) is 0 Å². The van der Waals surface area contributed by atoms with Gasteiger partial charge in [-0.15, -0.1) is 11.3 Å². The summed E-state index contributed by atoms with van der Waals surface area (Å²) in [4.78, 5) is 42.3. The monoisotopic (exact) mass is 378 g/mol. The van der Waals surface area contributed by atoms with Crippen LogP contribution in [-0.2, 0) is 20.9 Å². The topological polar surface area (TPSA) is 102 Å². The number of nitrogens with zero attached hydrogens (tertiary/aromatic N) is 2. The molecule has 0 saturated carbocycles. The zero-order chi connectivity index (χ0) is 18.7. The molecule has 2 aromatic heterocycles. The van der Waals surface area contributed by atoms with E-state index in [0.29, 0.717) is 16.8 Å². The smallest absolute Gasteiger partial charge is 0.262 e. The van der Waals surface area contributed by atoms with Gasteiger partial charge in [0.15, 0.2) is 0 Å². The lowest BCUT2D eigenvalue weighted by molar-refractivity contribution is -0.126. The van der Waals surface area contributed by atoms with Crippen molar-refractivity contribution >= 4 is 33.4 Å². The fraction of sp³-hybridized carbons (Fsp3) is 0.529. The number of rotatable bonds is 6. The average Bonchev–Trinajstić information content (AvgIpc) is 3.23. The minimum atomic E-state index is -0.412. The highest BCUT2D eigenvalue weighted by Crippen LogP contribution is 2.25. The van der Waals surface area contributed by atoms with Gasteiger partial charge in [-0.05, 0) is 32.3 Å². The molecule has 9 heteroatoms. The fourth-order valence-electron chi connectivity index (χ4n) is 2.87. The van der Waals surface area contributed by atoms with E-state index in [2.05, 4.69) is 15.6 Å². The molecular weight excluding hydrogens is 356 g/mol. The second-order valence-electron chi connectivity index (χ2n) is 6.36. The minimum Gasteiger partial charge on any atom is -0.376 e. The third kappa shape index (κ3) is 4.10. The lowest BCUT2D eigenvalue weighted by Crippen LogP contribution is -2.41. The molecule has 2 N–H and O–H groups in total. The van der Waals surface area contributed by atoms with Gasteiger partial charge in [-0.3, -0.25) is 19.0 Å². The molecule has 0 radical (unpaired) electrons. The quantitative estimate of drug-likeness (QED) is 0.761. The first-order valence-electron chi connectivity index (χ1n) is 8.56. The molecule has 1 saturated heterocycles. The van der Waals surface area contributed by atoms with Crippen LogP contribution in [0.4, 0.5) is 0 Å². The second-order valence-corrected chi connectivity index (χ2v) is 7.56. The predicted molar refractivity (Wildman–Crippen MR) is 98.3 cm³/mol. The highest BCUT2D eigenvalue weighted by Gasteiger charge is 2.17. The molecule has 1 atom stereocenters. The van der Waals surface area contributed by atoms with Gasteiger partial charge in [0.1, 0.15) is 11.4 Å². The third-order valence-corrected chi connectivity index (χ3v) is 5.58. The van der Waals surface area contributed by atoms with Crippen molar-refractivity contribution in [2.24, 2.45) is 0 Å². The number of amides is 2. The Labute approximate surface area is 154 Å². The van der Waals surface area contributed by atoms with Crippen molar-refractivity contribution in [2.75, 3.05) is 19.7 Å². The maximum absolute atomic E-state index is 12.5.